The van der Waals surface area contributed by atoms with Gasteiger partial charge in [0, 0.05) is 36.9 Å². The van der Waals surface area contributed by atoms with Gasteiger partial charge in [0.2, 0.25) is 5.88 Å². The Morgan fingerprint density at radius 1 is 1.22 bits per heavy atom. The van der Waals surface area contributed by atoms with Crippen LogP contribution in [0.15, 0.2) is 24.4 Å². The summed E-state index contributed by atoms with van der Waals surface area (Å²) in [6.45, 7) is 4.56. The fourth-order valence-electron chi connectivity index (χ4n) is 4.79. The number of ether oxygens (including phenoxy) is 1. The van der Waals surface area contributed by atoms with Crippen LogP contribution in [0.4, 0.5) is 0 Å². The first kappa shape index (κ1) is 15.4. The highest BCUT2D eigenvalue weighted by Gasteiger charge is 2.51. The maximum Gasteiger partial charge on any atom is 0.213 e. The number of hydrogen-bond acceptors (Lipinski definition) is 4. The van der Waals surface area contributed by atoms with Crippen molar-refractivity contribution in [2.45, 2.75) is 50.1 Å². The molecule has 3 heterocycles. The van der Waals surface area contributed by atoms with E-state index in [0.717, 1.165) is 18.5 Å². The SMILES string of the molecule is CN1CCC(COc2ccccn2)CC12CN(C1CCCC1)C2. The van der Waals surface area contributed by atoms with Crippen molar-refractivity contribution in [1.82, 2.24) is 14.8 Å². The molecule has 4 rings (SSSR count). The first-order chi connectivity index (χ1) is 11.3. The molecule has 0 amide bonds. The molecule has 0 N–H and O–H groups in total. The van der Waals surface area contributed by atoms with Crippen LogP contribution >= 0.6 is 0 Å². The Hall–Kier alpha value is -1.13. The van der Waals surface area contributed by atoms with Gasteiger partial charge < -0.3 is 4.74 Å². The molecule has 1 atom stereocenters. The highest BCUT2D eigenvalue weighted by Crippen LogP contribution is 2.41. The summed E-state index contributed by atoms with van der Waals surface area (Å²) in [7, 11) is 2.32. The third-order valence-corrected chi connectivity index (χ3v) is 6.29. The van der Waals surface area contributed by atoms with Gasteiger partial charge in [0.15, 0.2) is 0 Å². The topological polar surface area (TPSA) is 28.6 Å². The van der Waals surface area contributed by atoms with Crippen LogP contribution in [0.25, 0.3) is 0 Å². The van der Waals surface area contributed by atoms with Crippen LogP contribution in [0.2, 0.25) is 0 Å². The van der Waals surface area contributed by atoms with Gasteiger partial charge in [-0.3, -0.25) is 9.80 Å². The molecule has 1 aromatic heterocycles. The van der Waals surface area contributed by atoms with Crippen LogP contribution in [0, 0.1) is 5.92 Å². The van der Waals surface area contributed by atoms with E-state index in [-0.39, 0.29) is 0 Å². The Morgan fingerprint density at radius 2 is 2.04 bits per heavy atom. The van der Waals surface area contributed by atoms with E-state index >= 15 is 0 Å². The van der Waals surface area contributed by atoms with Gasteiger partial charge in [0.05, 0.1) is 6.61 Å². The summed E-state index contributed by atoms with van der Waals surface area (Å²) in [5, 5.41) is 0. The minimum Gasteiger partial charge on any atom is -0.477 e. The van der Waals surface area contributed by atoms with Crippen LogP contribution in [0.5, 0.6) is 5.88 Å². The maximum atomic E-state index is 5.93. The summed E-state index contributed by atoms with van der Waals surface area (Å²) in [6, 6.07) is 6.75. The second-order valence-corrected chi connectivity index (χ2v) is 7.83. The molecule has 0 bridgehead atoms. The van der Waals surface area contributed by atoms with E-state index in [1.807, 2.05) is 18.2 Å². The molecule has 0 radical (unpaired) electrons. The Bertz CT molecular complexity index is 509. The first-order valence-electron chi connectivity index (χ1n) is 9.24. The predicted octanol–water partition coefficient (Wildman–Crippen LogP) is 2.80. The number of likely N-dealkylation sites (N-methyl/N-ethyl adjacent to an activating group) is 1. The van der Waals surface area contributed by atoms with Gasteiger partial charge in [-0.1, -0.05) is 18.9 Å². The Morgan fingerprint density at radius 3 is 2.78 bits per heavy atom. The Labute approximate surface area is 139 Å². The van der Waals surface area contributed by atoms with Crippen LogP contribution < -0.4 is 4.74 Å². The zero-order valence-electron chi connectivity index (χ0n) is 14.3. The molecular weight excluding hydrogens is 286 g/mol. The molecule has 1 spiro atoms. The van der Waals surface area contributed by atoms with Crippen LogP contribution in [-0.4, -0.2) is 59.7 Å². The zero-order valence-corrected chi connectivity index (χ0v) is 14.3. The lowest BCUT2D eigenvalue weighted by Crippen LogP contribution is -2.73. The van der Waals surface area contributed by atoms with Crippen molar-refractivity contribution >= 4 is 0 Å². The first-order valence-corrected chi connectivity index (χ1v) is 9.24. The van der Waals surface area contributed by atoms with Gasteiger partial charge in [-0.25, -0.2) is 4.98 Å². The Kier molecular flexibility index (Phi) is 4.29. The molecule has 23 heavy (non-hydrogen) atoms. The standard InChI is InChI=1S/C19H29N3O/c1-21-11-9-16(13-23-18-8-4-5-10-20-18)12-19(21)14-22(15-19)17-6-2-3-7-17/h4-5,8,10,16-17H,2-3,6-7,9,11-15H2,1H3. The van der Waals surface area contributed by atoms with Gasteiger partial charge in [-0.2, -0.15) is 0 Å². The number of aromatic nitrogens is 1. The monoisotopic (exact) mass is 315 g/mol. The molecule has 1 unspecified atom stereocenters. The van der Waals surface area contributed by atoms with E-state index in [9.17, 15) is 0 Å². The normalized spacial score (nSPS) is 28.8. The fraction of sp³-hybridized carbons (Fsp3) is 0.737. The lowest BCUT2D eigenvalue weighted by Gasteiger charge is -2.60. The number of pyridine rings is 1. The number of hydrogen-bond donors (Lipinski definition) is 0. The average Bonchev–Trinajstić information content (AvgIpc) is 3.07. The van der Waals surface area contributed by atoms with E-state index in [0.29, 0.717) is 11.5 Å². The molecule has 1 saturated carbocycles. The number of likely N-dealkylation sites (tertiary alicyclic amines) is 2. The van der Waals surface area contributed by atoms with Gasteiger partial charge in [-0.05, 0) is 51.3 Å². The molecule has 0 aromatic carbocycles. The van der Waals surface area contributed by atoms with Crippen molar-refractivity contribution in [3.05, 3.63) is 24.4 Å². The molecule has 4 heteroatoms. The number of piperidine rings is 1. The minimum atomic E-state index is 0.416. The highest BCUT2D eigenvalue weighted by molar-refractivity contribution is 5.11. The molecule has 2 aliphatic heterocycles. The van der Waals surface area contributed by atoms with Crippen molar-refractivity contribution in [2.24, 2.45) is 5.92 Å². The van der Waals surface area contributed by atoms with Gasteiger partial charge in [0.25, 0.3) is 0 Å². The number of nitrogens with zero attached hydrogens (tertiary/aromatic N) is 3. The van der Waals surface area contributed by atoms with E-state index < -0.39 is 0 Å². The quantitative estimate of drug-likeness (QED) is 0.854. The maximum absolute atomic E-state index is 5.93. The van der Waals surface area contributed by atoms with Crippen LogP contribution in [0.1, 0.15) is 38.5 Å². The molecule has 3 aliphatic rings. The Balaban J connectivity index is 1.32. The molecule has 1 aliphatic carbocycles. The molecule has 3 fully saturated rings. The number of rotatable bonds is 4. The molecule has 126 valence electrons. The third kappa shape index (κ3) is 3.11. The van der Waals surface area contributed by atoms with Crippen molar-refractivity contribution in [2.75, 3.05) is 33.3 Å². The second-order valence-electron chi connectivity index (χ2n) is 7.83. The van der Waals surface area contributed by atoms with Crippen LogP contribution in [0.3, 0.4) is 0 Å². The van der Waals surface area contributed by atoms with Crippen molar-refractivity contribution < 1.29 is 4.74 Å². The molecular formula is C19H29N3O. The van der Waals surface area contributed by atoms with Crippen LogP contribution in [-0.2, 0) is 0 Å². The van der Waals surface area contributed by atoms with Gasteiger partial charge >= 0.3 is 0 Å². The highest BCUT2D eigenvalue weighted by atomic mass is 16.5. The summed E-state index contributed by atoms with van der Waals surface area (Å²) in [6.07, 6.45) is 10.0. The largest absolute Gasteiger partial charge is 0.477 e. The lowest BCUT2D eigenvalue weighted by molar-refractivity contribution is -0.0994. The second kappa shape index (κ2) is 6.40. The third-order valence-electron chi connectivity index (χ3n) is 6.29. The summed E-state index contributed by atoms with van der Waals surface area (Å²) in [5.41, 5.74) is 0.416. The smallest absolute Gasteiger partial charge is 0.213 e. The molecule has 2 saturated heterocycles. The average molecular weight is 315 g/mol. The zero-order chi connectivity index (χ0) is 15.7. The van der Waals surface area contributed by atoms with E-state index in [4.69, 9.17) is 4.74 Å². The van der Waals surface area contributed by atoms with E-state index in [1.54, 1.807) is 6.20 Å². The summed E-state index contributed by atoms with van der Waals surface area (Å²) >= 11 is 0. The molecule has 1 aromatic rings. The van der Waals surface area contributed by atoms with Gasteiger partial charge in [-0.15, -0.1) is 0 Å². The van der Waals surface area contributed by atoms with Crippen molar-refractivity contribution in [3.63, 3.8) is 0 Å². The summed E-state index contributed by atoms with van der Waals surface area (Å²) in [5.74, 6) is 1.43. The summed E-state index contributed by atoms with van der Waals surface area (Å²) < 4.78 is 5.93. The fourth-order valence-corrected chi connectivity index (χ4v) is 4.79. The molecule has 4 nitrogen and oxygen atoms in total. The predicted molar refractivity (Wildman–Crippen MR) is 91.6 cm³/mol. The van der Waals surface area contributed by atoms with E-state index in [2.05, 4.69) is 21.8 Å². The lowest BCUT2D eigenvalue weighted by atomic mass is 9.74. The van der Waals surface area contributed by atoms with E-state index in [1.165, 1.54) is 58.2 Å². The van der Waals surface area contributed by atoms with Gasteiger partial charge in [0.1, 0.15) is 0 Å². The summed E-state index contributed by atoms with van der Waals surface area (Å²) in [4.78, 5) is 9.63. The minimum absolute atomic E-state index is 0.416. The van der Waals surface area contributed by atoms with Crippen molar-refractivity contribution in [3.8, 4) is 5.88 Å². The van der Waals surface area contributed by atoms with Crippen molar-refractivity contribution in [1.29, 1.82) is 0 Å².